The maximum absolute atomic E-state index is 11.8. The van der Waals surface area contributed by atoms with E-state index in [9.17, 15) is 4.79 Å². The van der Waals surface area contributed by atoms with Gasteiger partial charge in [-0.2, -0.15) is 5.10 Å². The normalized spacial score (nSPS) is 10.4. The number of anilines is 2. The van der Waals surface area contributed by atoms with Crippen molar-refractivity contribution in [3.8, 4) is 0 Å². The molecule has 6 nitrogen and oxygen atoms in total. The largest absolute Gasteiger partial charge is 0.398 e. The summed E-state index contributed by atoms with van der Waals surface area (Å²) in [4.78, 5) is 15.8. The van der Waals surface area contributed by atoms with Gasteiger partial charge in [0.2, 0.25) is 5.91 Å². The molecule has 0 aliphatic carbocycles. The van der Waals surface area contributed by atoms with Crippen LogP contribution in [0.25, 0.3) is 0 Å². The van der Waals surface area contributed by atoms with Crippen LogP contribution in [0.1, 0.15) is 5.56 Å². The van der Waals surface area contributed by atoms with Crippen LogP contribution < -0.4 is 11.1 Å². The summed E-state index contributed by atoms with van der Waals surface area (Å²) < 4.78 is 1.63. The molecule has 19 heavy (non-hydrogen) atoms. The number of carbonyl (C=O) groups is 1. The Balaban J connectivity index is 1.91. The van der Waals surface area contributed by atoms with E-state index in [2.05, 4.69) is 15.4 Å². The number of nitrogen functional groups attached to an aromatic ring is 1. The number of thioether (sulfide) groups is 1. The van der Waals surface area contributed by atoms with Crippen molar-refractivity contribution in [3.05, 3.63) is 30.1 Å². The highest BCUT2D eigenvalue weighted by Gasteiger charge is 2.07. The van der Waals surface area contributed by atoms with Crippen molar-refractivity contribution >= 4 is 29.0 Å². The van der Waals surface area contributed by atoms with Crippen LogP contribution in [0.3, 0.4) is 0 Å². The van der Waals surface area contributed by atoms with E-state index < -0.39 is 0 Å². The van der Waals surface area contributed by atoms with Gasteiger partial charge < -0.3 is 11.1 Å². The molecule has 1 heterocycles. The van der Waals surface area contributed by atoms with Gasteiger partial charge in [-0.1, -0.05) is 17.8 Å². The van der Waals surface area contributed by atoms with E-state index in [0.717, 1.165) is 5.56 Å². The van der Waals surface area contributed by atoms with E-state index in [1.807, 2.05) is 19.1 Å². The van der Waals surface area contributed by atoms with Crippen LogP contribution in [0.4, 0.5) is 11.4 Å². The highest BCUT2D eigenvalue weighted by atomic mass is 32.2. The first kappa shape index (κ1) is 13.4. The fourth-order valence-electron chi connectivity index (χ4n) is 1.46. The van der Waals surface area contributed by atoms with Gasteiger partial charge >= 0.3 is 0 Å². The molecule has 0 bridgehead atoms. The van der Waals surface area contributed by atoms with Gasteiger partial charge in [0.15, 0.2) is 5.16 Å². The molecule has 0 saturated heterocycles. The molecule has 0 aliphatic rings. The van der Waals surface area contributed by atoms with Crippen molar-refractivity contribution < 1.29 is 4.79 Å². The molecule has 0 saturated carbocycles. The average Bonchev–Trinajstić information content (AvgIpc) is 2.77. The number of nitrogens with zero attached hydrogens (tertiary/aromatic N) is 3. The molecule has 100 valence electrons. The number of carbonyl (C=O) groups excluding carboxylic acids is 1. The predicted octanol–water partition coefficient (Wildman–Crippen LogP) is 1.44. The summed E-state index contributed by atoms with van der Waals surface area (Å²) in [5.41, 5.74) is 8.15. The van der Waals surface area contributed by atoms with E-state index in [1.54, 1.807) is 17.8 Å². The zero-order valence-corrected chi connectivity index (χ0v) is 11.6. The Morgan fingerprint density at radius 2 is 2.32 bits per heavy atom. The number of nitrogens with one attached hydrogen (secondary N) is 1. The van der Waals surface area contributed by atoms with Crippen LogP contribution in [-0.4, -0.2) is 26.4 Å². The summed E-state index contributed by atoms with van der Waals surface area (Å²) in [7, 11) is 1.79. The minimum absolute atomic E-state index is 0.101. The highest BCUT2D eigenvalue weighted by Crippen LogP contribution is 2.18. The molecule has 3 N–H and O–H groups in total. The van der Waals surface area contributed by atoms with E-state index in [1.165, 1.54) is 18.1 Å². The van der Waals surface area contributed by atoms with Crippen molar-refractivity contribution in [1.82, 2.24) is 14.8 Å². The maximum Gasteiger partial charge on any atom is 0.234 e. The van der Waals surface area contributed by atoms with Crippen LogP contribution >= 0.6 is 11.8 Å². The van der Waals surface area contributed by atoms with Crippen molar-refractivity contribution in [2.75, 3.05) is 16.8 Å². The van der Waals surface area contributed by atoms with Crippen molar-refractivity contribution in [2.45, 2.75) is 12.1 Å². The molecule has 2 aromatic rings. The number of hydrogen-bond acceptors (Lipinski definition) is 5. The lowest BCUT2D eigenvalue weighted by Crippen LogP contribution is -2.14. The lowest BCUT2D eigenvalue weighted by Gasteiger charge is -2.07. The maximum atomic E-state index is 11.8. The summed E-state index contributed by atoms with van der Waals surface area (Å²) in [5.74, 6) is 0.177. The molecule has 1 aromatic heterocycles. The molecular weight excluding hydrogens is 262 g/mol. The fourth-order valence-corrected chi connectivity index (χ4v) is 2.15. The van der Waals surface area contributed by atoms with Gasteiger partial charge in [0, 0.05) is 18.4 Å². The van der Waals surface area contributed by atoms with Gasteiger partial charge in [-0.15, -0.1) is 0 Å². The Hall–Kier alpha value is -2.02. The quantitative estimate of drug-likeness (QED) is 0.652. The molecule has 0 radical (unpaired) electrons. The monoisotopic (exact) mass is 277 g/mol. The molecule has 7 heteroatoms. The van der Waals surface area contributed by atoms with Crippen LogP contribution in [-0.2, 0) is 11.8 Å². The molecule has 1 aromatic carbocycles. The third-order valence-corrected chi connectivity index (χ3v) is 3.60. The van der Waals surface area contributed by atoms with Gasteiger partial charge in [-0.05, 0) is 24.6 Å². The predicted molar refractivity (Wildman–Crippen MR) is 75.9 cm³/mol. The smallest absolute Gasteiger partial charge is 0.234 e. The minimum atomic E-state index is -0.101. The minimum Gasteiger partial charge on any atom is -0.398 e. The molecule has 0 aliphatic heterocycles. The summed E-state index contributed by atoms with van der Waals surface area (Å²) in [6, 6.07) is 5.46. The van der Waals surface area contributed by atoms with Crippen LogP contribution in [0.2, 0.25) is 0 Å². The fraction of sp³-hybridized carbons (Fsp3) is 0.250. The SMILES string of the molecule is Cc1ccc(NC(=O)CSc2ncnn2C)cc1N. The third-order valence-electron chi connectivity index (χ3n) is 2.57. The number of aromatic nitrogens is 3. The molecule has 2 rings (SSSR count). The Labute approximate surface area is 115 Å². The van der Waals surface area contributed by atoms with Crippen LogP contribution in [0.5, 0.6) is 0 Å². The molecule has 1 amide bonds. The average molecular weight is 277 g/mol. The lowest BCUT2D eigenvalue weighted by molar-refractivity contribution is -0.113. The number of benzene rings is 1. The van der Waals surface area contributed by atoms with Gasteiger partial charge in [0.25, 0.3) is 0 Å². The van der Waals surface area contributed by atoms with Crippen LogP contribution in [0, 0.1) is 6.92 Å². The first-order valence-electron chi connectivity index (χ1n) is 5.69. The summed E-state index contributed by atoms with van der Waals surface area (Å²) >= 11 is 1.33. The van der Waals surface area contributed by atoms with Gasteiger partial charge in [-0.3, -0.25) is 4.79 Å². The molecule has 0 spiro atoms. The van der Waals surface area contributed by atoms with Crippen molar-refractivity contribution in [1.29, 1.82) is 0 Å². The second-order valence-electron chi connectivity index (χ2n) is 4.07. The first-order chi connectivity index (χ1) is 9.06. The second kappa shape index (κ2) is 5.75. The Kier molecular flexibility index (Phi) is 4.06. The van der Waals surface area contributed by atoms with Crippen molar-refractivity contribution in [3.63, 3.8) is 0 Å². The Morgan fingerprint density at radius 1 is 1.53 bits per heavy atom. The Bertz CT molecular complexity index is 596. The number of nitrogens with two attached hydrogens (primary N) is 1. The van der Waals surface area contributed by atoms with Crippen LogP contribution in [0.15, 0.2) is 29.7 Å². The number of amides is 1. The first-order valence-corrected chi connectivity index (χ1v) is 6.67. The van der Waals surface area contributed by atoms with E-state index in [4.69, 9.17) is 5.73 Å². The number of rotatable bonds is 4. The highest BCUT2D eigenvalue weighted by molar-refractivity contribution is 7.99. The molecule has 0 atom stereocenters. The standard InChI is InChI=1S/C12H15N5OS/c1-8-3-4-9(5-10(8)13)16-11(18)6-19-12-14-7-15-17(12)2/h3-5,7H,6,13H2,1-2H3,(H,16,18). The van der Waals surface area contributed by atoms with Crippen molar-refractivity contribution in [2.24, 2.45) is 7.05 Å². The summed E-state index contributed by atoms with van der Waals surface area (Å²) in [5, 5.41) is 7.44. The zero-order chi connectivity index (χ0) is 13.8. The topological polar surface area (TPSA) is 85.8 Å². The van der Waals surface area contributed by atoms with Gasteiger partial charge in [-0.25, -0.2) is 9.67 Å². The molecular formula is C12H15N5OS. The summed E-state index contributed by atoms with van der Waals surface area (Å²) in [6.45, 7) is 1.92. The van der Waals surface area contributed by atoms with E-state index in [-0.39, 0.29) is 11.7 Å². The summed E-state index contributed by atoms with van der Waals surface area (Å²) in [6.07, 6.45) is 1.46. The molecule has 0 unspecified atom stereocenters. The van der Waals surface area contributed by atoms with E-state index in [0.29, 0.717) is 16.5 Å². The third kappa shape index (κ3) is 3.47. The molecule has 0 fully saturated rings. The number of hydrogen-bond donors (Lipinski definition) is 2. The Morgan fingerprint density at radius 3 is 2.95 bits per heavy atom. The lowest BCUT2D eigenvalue weighted by atomic mass is 10.2. The van der Waals surface area contributed by atoms with E-state index >= 15 is 0 Å². The zero-order valence-electron chi connectivity index (χ0n) is 10.8. The second-order valence-corrected chi connectivity index (χ2v) is 5.02. The van der Waals surface area contributed by atoms with Gasteiger partial charge in [0.05, 0.1) is 5.75 Å². The number of aryl methyl sites for hydroxylation is 2. The van der Waals surface area contributed by atoms with Gasteiger partial charge in [0.1, 0.15) is 6.33 Å².